The molecule has 0 fully saturated rings. The molecule has 0 aliphatic carbocycles. The molecule has 2 unspecified atom stereocenters. The summed E-state index contributed by atoms with van der Waals surface area (Å²) in [5, 5.41) is 6.88. The molecule has 0 aromatic carbocycles. The summed E-state index contributed by atoms with van der Waals surface area (Å²) in [4.78, 5) is 9.08. The van der Waals surface area contributed by atoms with Crippen molar-refractivity contribution in [3.05, 3.63) is 11.8 Å². The molecule has 0 aliphatic rings. The Morgan fingerprint density at radius 3 is 1.90 bits per heavy atom. The Kier molecular flexibility index (Phi) is 6.93. The molecule has 0 saturated heterocycles. The van der Waals surface area contributed by atoms with Crippen molar-refractivity contribution in [2.75, 3.05) is 10.6 Å². The molecule has 2 N–H and O–H groups in total. The third-order valence-corrected chi connectivity index (χ3v) is 3.27. The molecule has 0 radical (unpaired) electrons. The van der Waals surface area contributed by atoms with Gasteiger partial charge in [-0.2, -0.15) is 4.98 Å². The second-order valence-electron chi connectivity index (χ2n) is 7.07. The van der Waals surface area contributed by atoms with E-state index in [1.807, 2.05) is 13.0 Å². The number of nitrogens with one attached hydrogen (secondary N) is 2. The van der Waals surface area contributed by atoms with Gasteiger partial charge in [-0.15, -0.1) is 0 Å². The molecule has 120 valence electrons. The molecule has 4 heteroatoms. The summed E-state index contributed by atoms with van der Waals surface area (Å²) in [6.07, 6.45) is 2.25. The lowest BCUT2D eigenvalue weighted by molar-refractivity contribution is 0.536. The van der Waals surface area contributed by atoms with Crippen LogP contribution in [-0.4, -0.2) is 22.1 Å². The second kappa shape index (κ2) is 8.20. The molecular formula is C17H32N4. The van der Waals surface area contributed by atoms with Crippen molar-refractivity contribution >= 4 is 11.8 Å². The highest BCUT2D eigenvalue weighted by molar-refractivity contribution is 5.43. The number of rotatable bonds is 8. The van der Waals surface area contributed by atoms with Gasteiger partial charge < -0.3 is 10.6 Å². The van der Waals surface area contributed by atoms with Crippen molar-refractivity contribution in [1.29, 1.82) is 0 Å². The predicted octanol–water partition coefficient (Wildman–Crippen LogP) is 4.48. The van der Waals surface area contributed by atoms with Gasteiger partial charge in [-0.3, -0.25) is 0 Å². The zero-order chi connectivity index (χ0) is 16.0. The van der Waals surface area contributed by atoms with Gasteiger partial charge in [-0.05, 0) is 45.4 Å². The molecule has 1 heterocycles. The average molecular weight is 292 g/mol. The number of hydrogen-bond acceptors (Lipinski definition) is 4. The van der Waals surface area contributed by atoms with Crippen LogP contribution in [0.1, 0.15) is 60.1 Å². The molecule has 0 amide bonds. The molecule has 4 nitrogen and oxygen atoms in total. The van der Waals surface area contributed by atoms with Crippen LogP contribution in [0.15, 0.2) is 6.07 Å². The summed E-state index contributed by atoms with van der Waals surface area (Å²) in [7, 11) is 0. The van der Waals surface area contributed by atoms with Crippen molar-refractivity contribution in [3.63, 3.8) is 0 Å². The van der Waals surface area contributed by atoms with E-state index >= 15 is 0 Å². The minimum Gasteiger partial charge on any atom is -0.367 e. The van der Waals surface area contributed by atoms with Crippen LogP contribution in [0.25, 0.3) is 0 Å². The number of anilines is 2. The van der Waals surface area contributed by atoms with Gasteiger partial charge in [0.25, 0.3) is 0 Å². The van der Waals surface area contributed by atoms with E-state index in [1.54, 1.807) is 0 Å². The van der Waals surface area contributed by atoms with E-state index < -0.39 is 0 Å². The highest BCUT2D eigenvalue weighted by atomic mass is 15.2. The monoisotopic (exact) mass is 292 g/mol. The Hall–Kier alpha value is -1.32. The first-order valence-electron chi connectivity index (χ1n) is 8.15. The normalized spacial score (nSPS) is 14.3. The Balaban J connectivity index is 2.70. The van der Waals surface area contributed by atoms with Gasteiger partial charge in [0.15, 0.2) is 0 Å². The summed E-state index contributed by atoms with van der Waals surface area (Å²) < 4.78 is 0. The average Bonchev–Trinajstić information content (AvgIpc) is 2.24. The van der Waals surface area contributed by atoms with Crippen molar-refractivity contribution in [2.24, 2.45) is 11.8 Å². The van der Waals surface area contributed by atoms with Crippen LogP contribution >= 0.6 is 0 Å². The molecule has 1 rings (SSSR count). The Morgan fingerprint density at radius 1 is 0.857 bits per heavy atom. The topological polar surface area (TPSA) is 49.8 Å². The van der Waals surface area contributed by atoms with Crippen LogP contribution < -0.4 is 10.6 Å². The standard InChI is InChI=1S/C17H32N4/c1-11(2)8-13(5)18-16-10-15(7)20-17(21-16)19-14(6)9-12(3)4/h10-14H,8-9H2,1-7H3,(H2,18,19,20,21). The first-order chi connectivity index (χ1) is 9.76. The van der Waals surface area contributed by atoms with Gasteiger partial charge >= 0.3 is 0 Å². The Bertz CT molecular complexity index is 393. The first-order valence-corrected chi connectivity index (χ1v) is 8.15. The lowest BCUT2D eigenvalue weighted by Gasteiger charge is -2.19. The number of nitrogens with zero attached hydrogens (tertiary/aromatic N) is 2. The minimum absolute atomic E-state index is 0.382. The lowest BCUT2D eigenvalue weighted by Crippen LogP contribution is -2.21. The van der Waals surface area contributed by atoms with Crippen LogP contribution in [0, 0.1) is 18.8 Å². The molecule has 0 saturated carbocycles. The van der Waals surface area contributed by atoms with Crippen molar-refractivity contribution in [2.45, 2.75) is 73.4 Å². The second-order valence-corrected chi connectivity index (χ2v) is 7.07. The molecule has 1 aromatic heterocycles. The Labute approximate surface area is 130 Å². The summed E-state index contributed by atoms with van der Waals surface area (Å²) in [6, 6.07) is 2.81. The summed E-state index contributed by atoms with van der Waals surface area (Å²) in [6.45, 7) is 15.3. The molecule has 0 bridgehead atoms. The zero-order valence-electron chi connectivity index (χ0n) is 14.7. The van der Waals surface area contributed by atoms with Crippen molar-refractivity contribution in [3.8, 4) is 0 Å². The van der Waals surface area contributed by atoms with E-state index in [0.29, 0.717) is 23.9 Å². The number of hydrogen-bond donors (Lipinski definition) is 2. The van der Waals surface area contributed by atoms with Crippen LogP contribution in [0.4, 0.5) is 11.8 Å². The van der Waals surface area contributed by atoms with Crippen molar-refractivity contribution in [1.82, 2.24) is 9.97 Å². The zero-order valence-corrected chi connectivity index (χ0v) is 14.7. The smallest absolute Gasteiger partial charge is 0.225 e. The largest absolute Gasteiger partial charge is 0.367 e. The van der Waals surface area contributed by atoms with E-state index in [9.17, 15) is 0 Å². The molecule has 2 atom stereocenters. The molecule has 0 aliphatic heterocycles. The van der Waals surface area contributed by atoms with Gasteiger partial charge in [0, 0.05) is 23.8 Å². The Morgan fingerprint density at radius 2 is 1.38 bits per heavy atom. The molecule has 0 spiro atoms. The summed E-state index contributed by atoms with van der Waals surface area (Å²) >= 11 is 0. The number of aryl methyl sites for hydroxylation is 1. The minimum atomic E-state index is 0.382. The molecule has 1 aromatic rings. The van der Waals surface area contributed by atoms with Gasteiger partial charge in [-0.1, -0.05) is 27.7 Å². The van der Waals surface area contributed by atoms with E-state index in [-0.39, 0.29) is 0 Å². The summed E-state index contributed by atoms with van der Waals surface area (Å²) in [5.41, 5.74) is 0.989. The first kappa shape index (κ1) is 17.7. The van der Waals surface area contributed by atoms with Gasteiger partial charge in [-0.25, -0.2) is 4.98 Å². The van der Waals surface area contributed by atoms with Crippen LogP contribution in [0.3, 0.4) is 0 Å². The van der Waals surface area contributed by atoms with E-state index in [4.69, 9.17) is 0 Å². The third-order valence-electron chi connectivity index (χ3n) is 3.27. The van der Waals surface area contributed by atoms with Crippen LogP contribution in [0.2, 0.25) is 0 Å². The lowest BCUT2D eigenvalue weighted by atomic mass is 10.1. The van der Waals surface area contributed by atoms with Crippen molar-refractivity contribution < 1.29 is 0 Å². The van der Waals surface area contributed by atoms with E-state index in [2.05, 4.69) is 62.1 Å². The maximum atomic E-state index is 4.59. The van der Waals surface area contributed by atoms with Gasteiger partial charge in [0.05, 0.1) is 0 Å². The van der Waals surface area contributed by atoms with Crippen LogP contribution in [0.5, 0.6) is 0 Å². The highest BCUT2D eigenvalue weighted by Crippen LogP contribution is 2.15. The van der Waals surface area contributed by atoms with E-state index in [1.165, 1.54) is 0 Å². The fraction of sp³-hybridized carbons (Fsp3) is 0.765. The highest BCUT2D eigenvalue weighted by Gasteiger charge is 2.10. The predicted molar refractivity (Wildman–Crippen MR) is 91.8 cm³/mol. The maximum Gasteiger partial charge on any atom is 0.225 e. The number of aromatic nitrogens is 2. The van der Waals surface area contributed by atoms with Crippen LogP contribution in [-0.2, 0) is 0 Å². The maximum absolute atomic E-state index is 4.59. The SMILES string of the molecule is Cc1cc(NC(C)CC(C)C)nc(NC(C)CC(C)C)n1. The van der Waals surface area contributed by atoms with E-state index in [0.717, 1.165) is 30.3 Å². The van der Waals surface area contributed by atoms with Gasteiger partial charge in [0.1, 0.15) is 5.82 Å². The fourth-order valence-corrected chi connectivity index (χ4v) is 2.71. The molecular weight excluding hydrogens is 260 g/mol. The molecule has 21 heavy (non-hydrogen) atoms. The third kappa shape index (κ3) is 7.30. The summed E-state index contributed by atoms with van der Waals surface area (Å²) in [5.74, 6) is 2.98. The quantitative estimate of drug-likeness (QED) is 0.742. The van der Waals surface area contributed by atoms with Gasteiger partial charge in [0.2, 0.25) is 5.95 Å². The fourth-order valence-electron chi connectivity index (χ4n) is 2.71.